The first-order valence-electron chi connectivity index (χ1n) is 6.57. The van der Waals surface area contributed by atoms with E-state index in [4.69, 9.17) is 0 Å². The monoisotopic (exact) mass is 284 g/mol. The molecule has 0 spiro atoms. The summed E-state index contributed by atoms with van der Waals surface area (Å²) in [6, 6.07) is 0.234. The number of piperidine rings is 1. The third-order valence-electron chi connectivity index (χ3n) is 3.41. The highest BCUT2D eigenvalue weighted by Crippen LogP contribution is 2.17. The first-order chi connectivity index (χ1) is 9.09. The van der Waals surface area contributed by atoms with Crippen molar-refractivity contribution in [2.24, 2.45) is 0 Å². The van der Waals surface area contributed by atoms with Crippen LogP contribution >= 0.6 is 0 Å². The molecule has 0 radical (unpaired) electrons. The van der Waals surface area contributed by atoms with Gasteiger partial charge in [-0.3, -0.25) is 9.97 Å². The maximum atomic E-state index is 12.2. The van der Waals surface area contributed by atoms with E-state index in [0.29, 0.717) is 12.2 Å². The molecule has 7 heteroatoms. The Morgan fingerprint density at radius 3 is 2.95 bits per heavy atom. The van der Waals surface area contributed by atoms with Crippen molar-refractivity contribution in [1.82, 2.24) is 20.0 Å². The molecular weight excluding hydrogens is 264 g/mol. The Morgan fingerprint density at radius 1 is 1.47 bits per heavy atom. The zero-order valence-electron chi connectivity index (χ0n) is 11.0. The molecule has 0 aliphatic carbocycles. The van der Waals surface area contributed by atoms with E-state index >= 15 is 0 Å². The largest absolute Gasteiger partial charge is 0.313 e. The van der Waals surface area contributed by atoms with Crippen molar-refractivity contribution >= 4 is 10.0 Å². The summed E-state index contributed by atoms with van der Waals surface area (Å²) < 4.78 is 27.0. The van der Waals surface area contributed by atoms with E-state index in [1.165, 1.54) is 25.0 Å². The molecule has 0 saturated carbocycles. The van der Waals surface area contributed by atoms with Crippen LogP contribution in [0.5, 0.6) is 0 Å². The van der Waals surface area contributed by atoms with Gasteiger partial charge >= 0.3 is 0 Å². The molecule has 2 unspecified atom stereocenters. The van der Waals surface area contributed by atoms with E-state index < -0.39 is 15.3 Å². The summed E-state index contributed by atoms with van der Waals surface area (Å²) in [4.78, 5) is 7.94. The molecule has 1 saturated heterocycles. The van der Waals surface area contributed by atoms with Crippen molar-refractivity contribution in [2.45, 2.75) is 37.5 Å². The van der Waals surface area contributed by atoms with E-state index in [0.717, 1.165) is 19.4 Å². The fourth-order valence-electron chi connectivity index (χ4n) is 2.12. The second-order valence-electron chi connectivity index (χ2n) is 4.81. The fourth-order valence-corrected chi connectivity index (χ4v) is 3.24. The predicted octanol–water partition coefficient (Wildman–Crippen LogP) is 0.599. The number of hydrogen-bond acceptors (Lipinski definition) is 5. The summed E-state index contributed by atoms with van der Waals surface area (Å²) in [5.74, 6) is 0. The third kappa shape index (κ3) is 3.95. The smallest absolute Gasteiger partial charge is 0.220 e. The average molecular weight is 284 g/mol. The highest BCUT2D eigenvalue weighted by Gasteiger charge is 2.25. The Labute approximate surface area is 114 Å². The van der Waals surface area contributed by atoms with Gasteiger partial charge in [-0.2, -0.15) is 0 Å². The lowest BCUT2D eigenvalue weighted by Crippen LogP contribution is -2.44. The number of aromatic nitrogens is 2. The van der Waals surface area contributed by atoms with Crippen molar-refractivity contribution in [3.8, 4) is 0 Å². The predicted molar refractivity (Wildman–Crippen MR) is 73.0 cm³/mol. The van der Waals surface area contributed by atoms with Gasteiger partial charge in [-0.25, -0.2) is 13.1 Å². The van der Waals surface area contributed by atoms with Crippen molar-refractivity contribution in [3.05, 3.63) is 24.3 Å². The van der Waals surface area contributed by atoms with E-state index in [1.54, 1.807) is 6.92 Å². The van der Waals surface area contributed by atoms with Crippen molar-refractivity contribution in [3.63, 3.8) is 0 Å². The number of nitrogens with zero attached hydrogens (tertiary/aromatic N) is 2. The molecule has 2 N–H and O–H groups in total. The van der Waals surface area contributed by atoms with Crippen LogP contribution in [0.1, 0.15) is 37.1 Å². The van der Waals surface area contributed by atoms with Crippen molar-refractivity contribution in [2.75, 3.05) is 13.1 Å². The van der Waals surface area contributed by atoms with Crippen molar-refractivity contribution < 1.29 is 8.42 Å². The number of rotatable bonds is 5. The SMILES string of the molecule is CC(c1cnccn1)S(=O)(=O)NCC1CCCCN1. The Hall–Kier alpha value is -1.05. The van der Waals surface area contributed by atoms with Gasteiger partial charge in [0.2, 0.25) is 10.0 Å². The third-order valence-corrected chi connectivity index (χ3v) is 5.15. The van der Waals surface area contributed by atoms with Crippen LogP contribution in [0.25, 0.3) is 0 Å². The molecule has 2 heterocycles. The normalized spacial score (nSPS) is 22.1. The van der Waals surface area contributed by atoms with Crippen LogP contribution in [-0.2, 0) is 10.0 Å². The molecule has 1 aromatic heterocycles. The number of sulfonamides is 1. The molecule has 106 valence electrons. The van der Waals surface area contributed by atoms with Gasteiger partial charge in [-0.05, 0) is 26.3 Å². The molecule has 1 fully saturated rings. The lowest BCUT2D eigenvalue weighted by molar-refractivity contribution is 0.397. The fraction of sp³-hybridized carbons (Fsp3) is 0.667. The molecule has 2 rings (SSSR count). The molecule has 19 heavy (non-hydrogen) atoms. The summed E-state index contributed by atoms with van der Waals surface area (Å²) in [6.45, 7) is 3.03. The quantitative estimate of drug-likeness (QED) is 0.827. The summed E-state index contributed by atoms with van der Waals surface area (Å²) >= 11 is 0. The minimum Gasteiger partial charge on any atom is -0.313 e. The molecule has 0 aromatic carbocycles. The Balaban J connectivity index is 1.94. The van der Waals surface area contributed by atoms with Crippen LogP contribution in [0.3, 0.4) is 0 Å². The lowest BCUT2D eigenvalue weighted by atomic mass is 10.1. The summed E-state index contributed by atoms with van der Waals surface area (Å²) in [5, 5.41) is 2.63. The van der Waals surface area contributed by atoms with Gasteiger partial charge in [0.1, 0.15) is 5.25 Å². The van der Waals surface area contributed by atoms with Crippen LogP contribution in [0.2, 0.25) is 0 Å². The van der Waals surface area contributed by atoms with Gasteiger partial charge in [0.25, 0.3) is 0 Å². The van der Waals surface area contributed by atoms with Crippen LogP contribution in [-0.4, -0.2) is 37.5 Å². The van der Waals surface area contributed by atoms with Crippen LogP contribution in [0.4, 0.5) is 0 Å². The minimum absolute atomic E-state index is 0.234. The second-order valence-corrected chi connectivity index (χ2v) is 6.90. The standard InChI is InChI=1S/C12H20N4O2S/c1-10(12-9-13-6-7-15-12)19(17,18)16-8-11-4-2-3-5-14-11/h6-7,9-11,14,16H,2-5,8H2,1H3. The van der Waals surface area contributed by atoms with E-state index in [2.05, 4.69) is 20.0 Å². The highest BCUT2D eigenvalue weighted by molar-refractivity contribution is 7.89. The Kier molecular flexibility index (Phi) is 4.84. The van der Waals surface area contributed by atoms with Crippen LogP contribution in [0.15, 0.2) is 18.6 Å². The van der Waals surface area contributed by atoms with E-state index in [9.17, 15) is 8.42 Å². The molecular formula is C12H20N4O2S. The lowest BCUT2D eigenvalue weighted by Gasteiger charge is -2.24. The van der Waals surface area contributed by atoms with Gasteiger partial charge < -0.3 is 5.32 Å². The number of hydrogen-bond donors (Lipinski definition) is 2. The van der Waals surface area contributed by atoms with Gasteiger partial charge in [0, 0.05) is 31.2 Å². The zero-order chi connectivity index (χ0) is 13.7. The number of nitrogens with one attached hydrogen (secondary N) is 2. The maximum absolute atomic E-state index is 12.2. The molecule has 1 aliphatic rings. The molecule has 1 aromatic rings. The Bertz CT molecular complexity index is 486. The minimum atomic E-state index is -3.41. The molecule has 1 aliphatic heterocycles. The van der Waals surface area contributed by atoms with Crippen LogP contribution < -0.4 is 10.0 Å². The summed E-state index contributed by atoms with van der Waals surface area (Å²) in [5.41, 5.74) is 0.464. The molecule has 2 atom stereocenters. The van der Waals surface area contributed by atoms with Gasteiger partial charge in [-0.15, -0.1) is 0 Å². The highest BCUT2D eigenvalue weighted by atomic mass is 32.2. The van der Waals surface area contributed by atoms with E-state index in [1.807, 2.05) is 0 Å². The molecule has 6 nitrogen and oxygen atoms in total. The van der Waals surface area contributed by atoms with Crippen LogP contribution in [0, 0.1) is 0 Å². The summed E-state index contributed by atoms with van der Waals surface area (Å²) in [7, 11) is -3.41. The zero-order valence-corrected chi connectivity index (χ0v) is 11.9. The average Bonchev–Trinajstić information content (AvgIpc) is 2.46. The maximum Gasteiger partial charge on any atom is 0.220 e. The topological polar surface area (TPSA) is 84.0 Å². The second kappa shape index (κ2) is 6.40. The van der Waals surface area contributed by atoms with E-state index in [-0.39, 0.29) is 6.04 Å². The first-order valence-corrected chi connectivity index (χ1v) is 8.12. The molecule has 0 amide bonds. The first kappa shape index (κ1) is 14.4. The van der Waals surface area contributed by atoms with Crippen molar-refractivity contribution in [1.29, 1.82) is 0 Å². The Morgan fingerprint density at radius 2 is 2.32 bits per heavy atom. The molecule has 0 bridgehead atoms. The van der Waals surface area contributed by atoms with Gasteiger partial charge in [0.15, 0.2) is 0 Å². The summed E-state index contributed by atoms with van der Waals surface area (Å²) in [6.07, 6.45) is 7.86. The van der Waals surface area contributed by atoms with Gasteiger partial charge in [0.05, 0.1) is 5.69 Å². The van der Waals surface area contributed by atoms with Gasteiger partial charge in [-0.1, -0.05) is 6.42 Å².